The minimum atomic E-state index is 0.559. The number of nitrogens with zero attached hydrogens (tertiary/aromatic N) is 3. The molecule has 0 amide bonds. The summed E-state index contributed by atoms with van der Waals surface area (Å²) in [7, 11) is 15.5. The molecule has 5 nitrogen and oxygen atoms in total. The van der Waals surface area contributed by atoms with Gasteiger partial charge in [-0.3, -0.25) is 0 Å². The van der Waals surface area contributed by atoms with E-state index in [0.717, 1.165) is 71.9 Å². The third-order valence-corrected chi connectivity index (χ3v) is 12.3. The largest absolute Gasteiger partial charge is 0.457 e. The van der Waals surface area contributed by atoms with Crippen LogP contribution in [0.4, 0.5) is 0 Å². The maximum atomic E-state index is 6.73. The van der Waals surface area contributed by atoms with Crippen LogP contribution in [0, 0.1) is 0 Å². The first-order valence-corrected chi connectivity index (χ1v) is 19.5. The van der Waals surface area contributed by atoms with E-state index in [2.05, 4.69) is 140 Å². The third kappa shape index (κ3) is 5.53. The summed E-state index contributed by atoms with van der Waals surface area (Å²) < 4.78 is 13.2. The summed E-state index contributed by atoms with van der Waals surface area (Å²) >= 11 is 0. The Hall–Kier alpha value is -6.40. The van der Waals surface area contributed by atoms with Crippen molar-refractivity contribution in [2.24, 2.45) is 0 Å². The van der Waals surface area contributed by atoms with Gasteiger partial charge >= 0.3 is 0 Å². The second-order valence-corrected chi connectivity index (χ2v) is 15.4. The number of benzene rings is 7. The van der Waals surface area contributed by atoms with Gasteiger partial charge in [-0.05, 0) is 40.5 Å². The lowest BCUT2D eigenvalue weighted by atomic mass is 9.64. The number of fused-ring (bicyclic) bond motifs is 6. The van der Waals surface area contributed by atoms with Crippen molar-refractivity contribution in [1.82, 2.24) is 15.0 Å². The van der Waals surface area contributed by atoms with Crippen molar-refractivity contribution in [3.05, 3.63) is 121 Å². The molecule has 262 valence electrons. The van der Waals surface area contributed by atoms with Crippen LogP contribution in [0.25, 0.3) is 100 Å². The van der Waals surface area contributed by atoms with Gasteiger partial charge in [0, 0.05) is 32.7 Å². The summed E-state index contributed by atoms with van der Waals surface area (Å²) in [5.41, 5.74) is 19.4. The second-order valence-electron chi connectivity index (χ2n) is 15.4. The number of furan rings is 2. The van der Waals surface area contributed by atoms with Crippen LogP contribution in [0.5, 0.6) is 0 Å². The van der Waals surface area contributed by atoms with Crippen molar-refractivity contribution in [3.63, 3.8) is 0 Å². The normalized spacial score (nSPS) is 11.6. The molecular formula is C45H34B7N3O2. The Morgan fingerprint density at radius 1 is 0.351 bits per heavy atom. The van der Waals surface area contributed by atoms with E-state index in [-0.39, 0.29) is 0 Å². The highest BCUT2D eigenvalue weighted by Gasteiger charge is 2.23. The highest BCUT2D eigenvalue weighted by atomic mass is 16.3. The molecule has 57 heavy (non-hydrogen) atoms. The molecule has 0 spiro atoms. The molecule has 0 saturated carbocycles. The Labute approximate surface area is 337 Å². The van der Waals surface area contributed by atoms with Crippen LogP contribution in [0.15, 0.2) is 130 Å². The molecule has 10 rings (SSSR count). The number of hydrogen-bond acceptors (Lipinski definition) is 5. The van der Waals surface area contributed by atoms with E-state index in [1.54, 1.807) is 0 Å². The van der Waals surface area contributed by atoms with Crippen LogP contribution in [-0.4, -0.2) is 69.9 Å². The average molecular weight is 724 g/mol. The molecule has 0 fully saturated rings. The van der Waals surface area contributed by atoms with Crippen LogP contribution in [-0.2, 0) is 0 Å². The quantitative estimate of drug-likeness (QED) is 0.231. The van der Waals surface area contributed by atoms with Gasteiger partial charge in [0.05, 0.1) is 5.56 Å². The van der Waals surface area contributed by atoms with Crippen molar-refractivity contribution in [2.75, 3.05) is 0 Å². The maximum absolute atomic E-state index is 6.73. The van der Waals surface area contributed by atoms with Gasteiger partial charge in [-0.25, -0.2) is 15.0 Å². The first-order valence-electron chi connectivity index (χ1n) is 19.5. The first kappa shape index (κ1) is 35.0. The summed E-state index contributed by atoms with van der Waals surface area (Å²) in [5.74, 6) is 1.75. The van der Waals surface area contributed by atoms with E-state index in [9.17, 15) is 0 Å². The Morgan fingerprint density at radius 3 is 1.67 bits per heavy atom. The van der Waals surface area contributed by atoms with Crippen molar-refractivity contribution >= 4 is 137 Å². The SMILES string of the molecule is Bc1c(B)c(B)c2c(oc3c(B)c(B)c(-c4cccc(-c5nc(-c6ccc(-c7ccccc7)cc6)nc(-c6cccc7c6oc6ccccc67)n5)c4)c(B)c32)c1B. The van der Waals surface area contributed by atoms with Gasteiger partial charge in [0.1, 0.15) is 77.3 Å². The van der Waals surface area contributed by atoms with Crippen LogP contribution >= 0.6 is 0 Å². The maximum Gasteiger partial charge on any atom is 0.167 e. The van der Waals surface area contributed by atoms with Crippen molar-refractivity contribution in [3.8, 4) is 56.4 Å². The van der Waals surface area contributed by atoms with E-state index in [0.29, 0.717) is 17.5 Å². The molecule has 0 saturated heterocycles. The predicted molar refractivity (Wildman–Crippen MR) is 259 cm³/mol. The monoisotopic (exact) mass is 725 g/mol. The Balaban J connectivity index is 1.17. The van der Waals surface area contributed by atoms with Crippen LogP contribution < -0.4 is 38.2 Å². The second kappa shape index (κ2) is 13.4. The summed E-state index contributed by atoms with van der Waals surface area (Å²) in [6.45, 7) is 0. The molecule has 0 aliphatic carbocycles. The van der Waals surface area contributed by atoms with Crippen LogP contribution in [0.2, 0.25) is 0 Å². The average Bonchev–Trinajstić information content (AvgIpc) is 3.85. The van der Waals surface area contributed by atoms with Gasteiger partial charge < -0.3 is 8.83 Å². The van der Waals surface area contributed by atoms with Crippen LogP contribution in [0.3, 0.4) is 0 Å². The zero-order valence-electron chi connectivity index (χ0n) is 33.2. The smallest absolute Gasteiger partial charge is 0.167 e. The molecule has 3 aromatic heterocycles. The Bertz CT molecular complexity index is 3270. The van der Waals surface area contributed by atoms with E-state index < -0.39 is 0 Å². The lowest BCUT2D eigenvalue weighted by Gasteiger charge is -2.17. The predicted octanol–water partition coefficient (Wildman–Crippen LogP) is -0.186. The highest BCUT2D eigenvalue weighted by Crippen LogP contribution is 2.36. The van der Waals surface area contributed by atoms with Crippen molar-refractivity contribution < 1.29 is 8.83 Å². The molecule has 7 aromatic carbocycles. The van der Waals surface area contributed by atoms with Gasteiger partial charge in [-0.2, -0.15) is 0 Å². The first-order chi connectivity index (χ1) is 27.7. The third-order valence-electron chi connectivity index (χ3n) is 12.3. The van der Waals surface area contributed by atoms with Crippen molar-refractivity contribution in [2.45, 2.75) is 0 Å². The topological polar surface area (TPSA) is 65.0 Å². The minimum Gasteiger partial charge on any atom is -0.457 e. The fraction of sp³-hybridized carbons (Fsp3) is 0. The molecule has 0 unspecified atom stereocenters. The standard InChI is InChI=1S/C45H34B7N3O2/c46-33-30(34(47)38(51)41-31(33)32-35(48)36(49)37(50)39(52)42(32)57-41)24-10-6-11-25(20-24)44-53-43(23-18-16-22(17-19-23)21-8-2-1-3-9-21)54-45(55-44)28-14-7-13-27-26-12-4-5-15-29(26)56-40(27)28/h1-20H,46-52H2. The molecule has 0 atom stereocenters. The van der Waals surface area contributed by atoms with E-state index in [4.69, 9.17) is 23.8 Å². The molecular weight excluding hydrogens is 690 g/mol. The van der Waals surface area contributed by atoms with Gasteiger partial charge in [0.15, 0.2) is 17.5 Å². The van der Waals surface area contributed by atoms with Gasteiger partial charge in [0.2, 0.25) is 0 Å². The number of rotatable bonds is 5. The number of hydrogen-bond donors (Lipinski definition) is 0. The van der Waals surface area contributed by atoms with E-state index >= 15 is 0 Å². The summed E-state index contributed by atoms with van der Waals surface area (Å²) in [5, 5.41) is 4.50. The Morgan fingerprint density at radius 2 is 0.895 bits per heavy atom. The molecule has 3 heterocycles. The Kier molecular flexibility index (Phi) is 8.22. The van der Waals surface area contributed by atoms with Gasteiger partial charge in [-0.1, -0.05) is 136 Å². The van der Waals surface area contributed by atoms with Gasteiger partial charge in [-0.15, -0.1) is 5.46 Å². The lowest BCUT2D eigenvalue weighted by Crippen LogP contribution is -2.47. The van der Waals surface area contributed by atoms with Crippen LogP contribution in [0.1, 0.15) is 0 Å². The summed E-state index contributed by atoms with van der Waals surface area (Å²) in [4.78, 5) is 15.5. The molecule has 0 radical (unpaired) electrons. The zero-order chi connectivity index (χ0) is 39.1. The lowest BCUT2D eigenvalue weighted by molar-refractivity contribution is 0.669. The molecule has 0 aliphatic rings. The molecule has 0 bridgehead atoms. The zero-order valence-corrected chi connectivity index (χ0v) is 33.2. The molecule has 0 aliphatic heterocycles. The highest BCUT2D eigenvalue weighted by molar-refractivity contribution is 6.69. The summed E-state index contributed by atoms with van der Waals surface area (Å²) in [6.07, 6.45) is 0. The van der Waals surface area contributed by atoms with Crippen molar-refractivity contribution in [1.29, 1.82) is 0 Å². The number of para-hydroxylation sites is 2. The number of aromatic nitrogens is 3. The molecule has 0 N–H and O–H groups in total. The minimum absolute atomic E-state index is 0.559. The molecule has 10 aromatic rings. The summed E-state index contributed by atoms with van der Waals surface area (Å²) in [6, 6.07) is 41.8. The van der Waals surface area contributed by atoms with E-state index in [1.807, 2.05) is 36.4 Å². The fourth-order valence-electron chi connectivity index (χ4n) is 8.73. The van der Waals surface area contributed by atoms with E-state index in [1.165, 1.54) is 49.1 Å². The van der Waals surface area contributed by atoms with Gasteiger partial charge in [0.25, 0.3) is 0 Å². The fourth-order valence-corrected chi connectivity index (χ4v) is 8.73. The molecule has 12 heteroatoms.